The fourth-order valence-electron chi connectivity index (χ4n) is 2.60. The molecule has 0 aliphatic heterocycles. The van der Waals surface area contributed by atoms with E-state index in [9.17, 15) is 9.90 Å². The molecule has 1 N–H and O–H groups in total. The van der Waals surface area contributed by atoms with Crippen LogP contribution in [-0.2, 0) is 11.2 Å². The normalized spacial score (nSPS) is 19.5. The molecule has 17 heavy (non-hydrogen) atoms. The zero-order valence-electron chi connectivity index (χ0n) is 9.93. The first-order valence-electron chi connectivity index (χ1n) is 6.22. The van der Waals surface area contributed by atoms with Crippen molar-refractivity contribution >= 4 is 5.97 Å². The molecule has 0 aromatic carbocycles. The Hall–Kier alpha value is -1.45. The van der Waals surface area contributed by atoms with Gasteiger partial charge in [0, 0.05) is 18.8 Å². The molecule has 2 rings (SSSR count). The van der Waals surface area contributed by atoms with Crippen LogP contribution < -0.4 is 0 Å². The third-order valence-electron chi connectivity index (χ3n) is 3.63. The molecule has 1 aromatic rings. The maximum absolute atomic E-state index is 11.6. The lowest BCUT2D eigenvalue weighted by Crippen LogP contribution is -2.33. The number of hydrogen-bond acceptors (Lipinski definition) is 3. The van der Waals surface area contributed by atoms with Gasteiger partial charge < -0.3 is 5.11 Å². The number of carbonyl (C=O) groups is 1. The van der Waals surface area contributed by atoms with E-state index in [2.05, 4.69) is 9.97 Å². The fourth-order valence-corrected chi connectivity index (χ4v) is 2.60. The molecule has 4 heteroatoms. The van der Waals surface area contributed by atoms with Gasteiger partial charge in [0.05, 0.1) is 5.41 Å². The molecule has 0 radical (unpaired) electrons. The lowest BCUT2D eigenvalue weighted by Gasteiger charge is -2.27. The quantitative estimate of drug-likeness (QED) is 0.816. The van der Waals surface area contributed by atoms with Crippen molar-refractivity contribution in [3.8, 4) is 0 Å². The topological polar surface area (TPSA) is 63.1 Å². The van der Waals surface area contributed by atoms with Gasteiger partial charge in [-0.2, -0.15) is 0 Å². The second kappa shape index (κ2) is 5.25. The Balaban J connectivity index is 2.19. The first kappa shape index (κ1) is 12.0. The lowest BCUT2D eigenvalue weighted by atomic mass is 9.77. The number of nitrogens with zero attached hydrogens (tertiary/aromatic N) is 2. The van der Waals surface area contributed by atoms with Crippen molar-refractivity contribution in [1.82, 2.24) is 9.97 Å². The smallest absolute Gasteiger partial charge is 0.310 e. The van der Waals surface area contributed by atoms with E-state index in [1.807, 2.05) is 0 Å². The Kier molecular flexibility index (Phi) is 3.71. The molecule has 92 valence electrons. The van der Waals surface area contributed by atoms with Crippen LogP contribution in [0.4, 0.5) is 0 Å². The summed E-state index contributed by atoms with van der Waals surface area (Å²) in [6.45, 7) is 0. The van der Waals surface area contributed by atoms with Gasteiger partial charge in [-0.3, -0.25) is 4.79 Å². The fraction of sp³-hybridized carbons (Fsp3) is 0.615. The van der Waals surface area contributed by atoms with Crippen molar-refractivity contribution in [3.63, 3.8) is 0 Å². The second-order valence-corrected chi connectivity index (χ2v) is 4.84. The van der Waals surface area contributed by atoms with Crippen molar-refractivity contribution in [2.24, 2.45) is 5.41 Å². The summed E-state index contributed by atoms with van der Waals surface area (Å²) in [6.07, 6.45) is 9.60. The molecular weight excluding hydrogens is 216 g/mol. The van der Waals surface area contributed by atoms with Crippen LogP contribution in [0.15, 0.2) is 18.5 Å². The summed E-state index contributed by atoms with van der Waals surface area (Å²) in [4.78, 5) is 19.9. The highest BCUT2D eigenvalue weighted by molar-refractivity contribution is 5.75. The zero-order chi connectivity index (χ0) is 12.1. The molecule has 1 aliphatic carbocycles. The standard InChI is InChI=1S/C13H18N2O2/c16-12(17)13(6-3-1-2-4-7-13)10-11-14-8-5-9-15-11/h5,8-9H,1-4,6-7,10H2,(H,16,17). The average molecular weight is 234 g/mol. The number of rotatable bonds is 3. The van der Waals surface area contributed by atoms with Crippen molar-refractivity contribution < 1.29 is 9.90 Å². The Morgan fingerprint density at radius 2 is 1.76 bits per heavy atom. The van der Waals surface area contributed by atoms with Gasteiger partial charge in [0.15, 0.2) is 0 Å². The van der Waals surface area contributed by atoms with Crippen molar-refractivity contribution in [1.29, 1.82) is 0 Å². The van der Waals surface area contributed by atoms with Crippen LogP contribution in [0.25, 0.3) is 0 Å². The molecule has 0 unspecified atom stereocenters. The highest BCUT2D eigenvalue weighted by Gasteiger charge is 2.39. The number of hydrogen-bond donors (Lipinski definition) is 1. The Bertz CT molecular complexity index is 370. The van der Waals surface area contributed by atoms with Gasteiger partial charge in [-0.15, -0.1) is 0 Å². The predicted octanol–water partition coefficient (Wildman–Crippen LogP) is 2.44. The third-order valence-corrected chi connectivity index (χ3v) is 3.63. The summed E-state index contributed by atoms with van der Waals surface area (Å²) in [5.74, 6) is -0.0383. The number of carboxylic acid groups (broad SMARTS) is 1. The molecule has 1 heterocycles. The molecule has 0 amide bonds. The Morgan fingerprint density at radius 1 is 1.18 bits per heavy atom. The minimum Gasteiger partial charge on any atom is -0.481 e. The molecule has 0 bridgehead atoms. The number of aliphatic carboxylic acids is 1. The third kappa shape index (κ3) is 2.81. The molecule has 4 nitrogen and oxygen atoms in total. The minimum absolute atomic E-state index is 0.461. The second-order valence-electron chi connectivity index (χ2n) is 4.84. The van der Waals surface area contributed by atoms with E-state index in [0.717, 1.165) is 38.5 Å². The number of carboxylic acids is 1. The van der Waals surface area contributed by atoms with E-state index in [-0.39, 0.29) is 0 Å². The highest BCUT2D eigenvalue weighted by atomic mass is 16.4. The molecule has 1 aromatic heterocycles. The maximum Gasteiger partial charge on any atom is 0.310 e. The van der Waals surface area contributed by atoms with E-state index in [0.29, 0.717) is 12.2 Å². The highest BCUT2D eigenvalue weighted by Crippen LogP contribution is 2.37. The maximum atomic E-state index is 11.6. The van der Waals surface area contributed by atoms with Gasteiger partial charge in [0.25, 0.3) is 0 Å². The summed E-state index contributed by atoms with van der Waals surface area (Å²) in [5, 5.41) is 9.52. The van der Waals surface area contributed by atoms with Crippen LogP contribution in [0, 0.1) is 5.41 Å². The Morgan fingerprint density at radius 3 is 2.29 bits per heavy atom. The molecule has 1 aliphatic rings. The van der Waals surface area contributed by atoms with Gasteiger partial charge in [-0.05, 0) is 18.9 Å². The van der Waals surface area contributed by atoms with Gasteiger partial charge in [-0.1, -0.05) is 25.7 Å². The molecule has 0 spiro atoms. The summed E-state index contributed by atoms with van der Waals surface area (Å²) >= 11 is 0. The van der Waals surface area contributed by atoms with Gasteiger partial charge in [0.1, 0.15) is 5.82 Å². The molecular formula is C13H18N2O2. The van der Waals surface area contributed by atoms with E-state index < -0.39 is 11.4 Å². The average Bonchev–Trinajstić information content (AvgIpc) is 2.57. The monoisotopic (exact) mass is 234 g/mol. The molecule has 1 saturated carbocycles. The lowest BCUT2D eigenvalue weighted by molar-refractivity contribution is -0.150. The summed E-state index contributed by atoms with van der Waals surface area (Å²) in [5.41, 5.74) is -0.641. The van der Waals surface area contributed by atoms with Crippen LogP contribution in [0.2, 0.25) is 0 Å². The van der Waals surface area contributed by atoms with Crippen LogP contribution in [-0.4, -0.2) is 21.0 Å². The van der Waals surface area contributed by atoms with E-state index in [1.165, 1.54) is 0 Å². The largest absolute Gasteiger partial charge is 0.481 e. The summed E-state index contributed by atoms with van der Waals surface area (Å²) < 4.78 is 0. The molecule has 1 fully saturated rings. The van der Waals surface area contributed by atoms with Crippen LogP contribution >= 0.6 is 0 Å². The predicted molar refractivity (Wildman–Crippen MR) is 63.5 cm³/mol. The van der Waals surface area contributed by atoms with E-state index in [4.69, 9.17) is 0 Å². The van der Waals surface area contributed by atoms with Gasteiger partial charge in [0.2, 0.25) is 0 Å². The van der Waals surface area contributed by atoms with Crippen molar-refractivity contribution in [2.75, 3.05) is 0 Å². The first-order chi connectivity index (χ1) is 8.23. The van der Waals surface area contributed by atoms with E-state index >= 15 is 0 Å². The van der Waals surface area contributed by atoms with Gasteiger partial charge in [-0.25, -0.2) is 9.97 Å². The molecule has 0 atom stereocenters. The van der Waals surface area contributed by atoms with Crippen LogP contribution in [0.5, 0.6) is 0 Å². The van der Waals surface area contributed by atoms with Gasteiger partial charge >= 0.3 is 5.97 Å². The van der Waals surface area contributed by atoms with Crippen molar-refractivity contribution in [2.45, 2.75) is 44.9 Å². The Labute approximate surface area is 101 Å². The van der Waals surface area contributed by atoms with Crippen molar-refractivity contribution in [3.05, 3.63) is 24.3 Å². The molecule has 0 saturated heterocycles. The minimum atomic E-state index is -0.688. The van der Waals surface area contributed by atoms with Crippen LogP contribution in [0.1, 0.15) is 44.3 Å². The first-order valence-corrected chi connectivity index (χ1v) is 6.22. The zero-order valence-corrected chi connectivity index (χ0v) is 9.93. The SMILES string of the molecule is O=C(O)C1(Cc2ncccn2)CCCCCC1. The van der Waals surface area contributed by atoms with E-state index in [1.54, 1.807) is 18.5 Å². The number of aromatic nitrogens is 2. The van der Waals surface area contributed by atoms with Crippen LogP contribution in [0.3, 0.4) is 0 Å². The summed E-state index contributed by atoms with van der Waals surface area (Å²) in [7, 11) is 0. The summed E-state index contributed by atoms with van der Waals surface area (Å²) in [6, 6.07) is 1.75.